The molecular formula is C12H19N2O3+. The molecule has 4 atom stereocenters. The van der Waals surface area contributed by atoms with Gasteiger partial charge in [0.1, 0.15) is 6.04 Å². The highest BCUT2D eigenvalue weighted by Gasteiger charge is 2.62. The van der Waals surface area contributed by atoms with E-state index in [0.29, 0.717) is 6.42 Å². The molecule has 0 aromatic heterocycles. The second kappa shape index (κ2) is 3.45. The first kappa shape index (κ1) is 11.0. The van der Waals surface area contributed by atoms with Crippen LogP contribution in [0.3, 0.4) is 0 Å². The van der Waals surface area contributed by atoms with Gasteiger partial charge in [-0.3, -0.25) is 14.2 Å². The van der Waals surface area contributed by atoms with E-state index in [4.69, 9.17) is 0 Å². The fraction of sp³-hybridized carbons (Fsp3) is 0.833. The predicted octanol–water partition coefficient (Wildman–Crippen LogP) is 0.401. The largest absolute Gasteiger partial charge is 0.480 e. The quantitative estimate of drug-likeness (QED) is 0.674. The molecule has 0 aromatic carbocycles. The number of rotatable bonds is 1. The molecular weight excluding hydrogens is 220 g/mol. The van der Waals surface area contributed by atoms with E-state index in [1.807, 2.05) is 0 Å². The summed E-state index contributed by atoms with van der Waals surface area (Å²) in [6.45, 7) is 1.02. The average Bonchev–Trinajstić information content (AvgIpc) is 2.78. The molecule has 0 spiro atoms. The number of likely N-dealkylation sites (N-methyl/N-ethyl adjacent to an activating group) is 1. The van der Waals surface area contributed by atoms with E-state index in [0.717, 1.165) is 36.7 Å². The van der Waals surface area contributed by atoms with Crippen LogP contribution in [0.2, 0.25) is 0 Å². The fourth-order valence-electron chi connectivity index (χ4n) is 4.08. The van der Waals surface area contributed by atoms with E-state index < -0.39 is 12.0 Å². The lowest BCUT2D eigenvalue weighted by molar-refractivity contribution is -0.935. The molecule has 3 heterocycles. The number of carbonyl (C=O) groups excluding carboxylic acids is 1. The zero-order chi connectivity index (χ0) is 12.2. The molecule has 94 valence electrons. The van der Waals surface area contributed by atoms with E-state index in [9.17, 15) is 14.7 Å². The number of carboxylic acids is 1. The van der Waals surface area contributed by atoms with Gasteiger partial charge in [0.05, 0.1) is 13.6 Å². The topological polar surface area (TPSA) is 57.6 Å². The maximum absolute atomic E-state index is 12.4. The summed E-state index contributed by atoms with van der Waals surface area (Å²) < 4.78 is 0.766. The van der Waals surface area contributed by atoms with Crippen molar-refractivity contribution in [2.24, 2.45) is 0 Å². The van der Waals surface area contributed by atoms with Gasteiger partial charge >= 0.3 is 5.97 Å². The van der Waals surface area contributed by atoms with Crippen molar-refractivity contribution in [3.05, 3.63) is 0 Å². The van der Waals surface area contributed by atoms with Crippen LogP contribution in [0.4, 0.5) is 0 Å². The highest BCUT2D eigenvalue weighted by molar-refractivity contribution is 5.88. The first-order valence-corrected chi connectivity index (χ1v) is 6.45. The minimum Gasteiger partial charge on any atom is -0.480 e. The molecule has 1 amide bonds. The number of fused-ring (bicyclic) bond motifs is 3. The molecule has 3 fully saturated rings. The van der Waals surface area contributed by atoms with E-state index in [2.05, 4.69) is 7.05 Å². The molecule has 3 aliphatic rings. The van der Waals surface area contributed by atoms with Gasteiger partial charge in [-0.1, -0.05) is 0 Å². The van der Waals surface area contributed by atoms with E-state index >= 15 is 0 Å². The van der Waals surface area contributed by atoms with Crippen LogP contribution in [0.5, 0.6) is 0 Å². The first-order valence-electron chi connectivity index (χ1n) is 6.45. The maximum atomic E-state index is 12.4. The van der Waals surface area contributed by atoms with Crippen molar-refractivity contribution in [3.63, 3.8) is 0 Å². The normalized spacial score (nSPS) is 44.6. The second-order valence-electron chi connectivity index (χ2n) is 5.74. The van der Waals surface area contributed by atoms with Gasteiger partial charge in [-0.05, 0) is 12.8 Å². The number of amides is 1. The lowest BCUT2D eigenvalue weighted by atomic mass is 9.99. The molecule has 17 heavy (non-hydrogen) atoms. The van der Waals surface area contributed by atoms with Gasteiger partial charge in [0.25, 0.3) is 5.91 Å². The Hall–Kier alpha value is -1.10. The van der Waals surface area contributed by atoms with Crippen molar-refractivity contribution in [1.29, 1.82) is 0 Å². The van der Waals surface area contributed by atoms with Gasteiger partial charge < -0.3 is 5.11 Å². The monoisotopic (exact) mass is 239 g/mol. The van der Waals surface area contributed by atoms with Crippen molar-refractivity contribution in [2.45, 2.75) is 50.4 Å². The minimum absolute atomic E-state index is 0.0277. The molecule has 5 nitrogen and oxygen atoms in total. The van der Waals surface area contributed by atoms with E-state index in [-0.39, 0.29) is 18.1 Å². The molecule has 3 saturated heterocycles. The number of carboxylic acid groups (broad SMARTS) is 1. The molecule has 3 aliphatic heterocycles. The highest BCUT2D eigenvalue weighted by atomic mass is 16.4. The first-order chi connectivity index (χ1) is 8.05. The Morgan fingerprint density at radius 3 is 2.82 bits per heavy atom. The molecule has 0 saturated carbocycles. The number of piperidine rings is 1. The predicted molar refractivity (Wildman–Crippen MR) is 60.0 cm³/mol. The molecule has 0 unspecified atom stereocenters. The zero-order valence-corrected chi connectivity index (χ0v) is 10.1. The SMILES string of the molecule is C[N@+]12CCC[C@H]1C(=O)N1[C@H]2CCC[C@H]1C(=O)O. The number of quaternary nitrogens is 1. The Balaban J connectivity index is 1.98. The van der Waals surface area contributed by atoms with Crippen molar-refractivity contribution in [1.82, 2.24) is 4.90 Å². The standard InChI is InChI=1S/C12H18N2O3/c1-14-7-3-5-9(14)11(15)13-8(12(16)17)4-2-6-10(13)14/h8-10H,2-7H2,1H3/p+1/t8-,9-,10+,14-/m0/s1. The number of carbonyl (C=O) groups is 2. The van der Waals surface area contributed by atoms with Crippen molar-refractivity contribution >= 4 is 11.9 Å². The average molecular weight is 239 g/mol. The molecule has 0 radical (unpaired) electrons. The number of hydrogen-bond donors (Lipinski definition) is 1. The van der Waals surface area contributed by atoms with Gasteiger partial charge in [0.15, 0.2) is 12.2 Å². The van der Waals surface area contributed by atoms with Crippen LogP contribution in [0.1, 0.15) is 32.1 Å². The summed E-state index contributed by atoms with van der Waals surface area (Å²) in [4.78, 5) is 25.3. The Bertz CT molecular complexity index is 384. The van der Waals surface area contributed by atoms with Crippen LogP contribution >= 0.6 is 0 Å². The van der Waals surface area contributed by atoms with E-state index in [1.54, 1.807) is 4.90 Å². The van der Waals surface area contributed by atoms with Gasteiger partial charge in [-0.15, -0.1) is 0 Å². The number of nitrogens with zero attached hydrogens (tertiary/aromatic N) is 2. The van der Waals surface area contributed by atoms with Gasteiger partial charge in [0, 0.05) is 19.3 Å². The Kier molecular flexibility index (Phi) is 2.23. The van der Waals surface area contributed by atoms with Crippen molar-refractivity contribution < 1.29 is 19.2 Å². The lowest BCUT2D eigenvalue weighted by Gasteiger charge is -2.41. The molecule has 0 aromatic rings. The fourth-order valence-corrected chi connectivity index (χ4v) is 4.08. The summed E-state index contributed by atoms with van der Waals surface area (Å²) in [6, 6.07) is -0.554. The van der Waals surface area contributed by atoms with Crippen LogP contribution in [0.15, 0.2) is 0 Å². The third kappa shape index (κ3) is 1.29. The van der Waals surface area contributed by atoms with Crippen LogP contribution < -0.4 is 0 Å². The summed E-state index contributed by atoms with van der Waals surface area (Å²) in [5.74, 6) is -0.752. The summed E-state index contributed by atoms with van der Waals surface area (Å²) in [5, 5.41) is 9.25. The second-order valence-corrected chi connectivity index (χ2v) is 5.74. The van der Waals surface area contributed by atoms with Crippen molar-refractivity contribution in [3.8, 4) is 0 Å². The summed E-state index contributed by atoms with van der Waals surface area (Å²) in [5.41, 5.74) is 0. The van der Waals surface area contributed by atoms with Gasteiger partial charge in [-0.25, -0.2) is 4.79 Å². The highest BCUT2D eigenvalue weighted by Crippen LogP contribution is 2.43. The molecule has 5 heteroatoms. The van der Waals surface area contributed by atoms with Gasteiger partial charge in [-0.2, -0.15) is 0 Å². The Morgan fingerprint density at radius 2 is 2.12 bits per heavy atom. The Morgan fingerprint density at radius 1 is 1.35 bits per heavy atom. The Labute approximate surface area is 101 Å². The van der Waals surface area contributed by atoms with E-state index in [1.165, 1.54) is 0 Å². The van der Waals surface area contributed by atoms with Gasteiger partial charge in [0.2, 0.25) is 0 Å². The van der Waals surface area contributed by atoms with Crippen molar-refractivity contribution in [2.75, 3.05) is 13.6 Å². The molecule has 0 aliphatic carbocycles. The maximum Gasteiger partial charge on any atom is 0.326 e. The van der Waals surface area contributed by atoms with Crippen LogP contribution in [0.25, 0.3) is 0 Å². The summed E-state index contributed by atoms with van der Waals surface area (Å²) in [7, 11) is 2.13. The summed E-state index contributed by atoms with van der Waals surface area (Å²) in [6.07, 6.45) is 4.63. The number of aliphatic carboxylic acids is 1. The zero-order valence-electron chi connectivity index (χ0n) is 10.1. The summed E-state index contributed by atoms with van der Waals surface area (Å²) >= 11 is 0. The number of hydrogen-bond acceptors (Lipinski definition) is 2. The molecule has 3 rings (SSSR count). The van der Waals surface area contributed by atoms with Crippen LogP contribution in [-0.2, 0) is 9.59 Å². The van der Waals surface area contributed by atoms with Crippen LogP contribution in [-0.4, -0.2) is 58.2 Å². The minimum atomic E-state index is -0.837. The van der Waals surface area contributed by atoms with Crippen LogP contribution in [0, 0.1) is 0 Å². The molecule has 1 N–H and O–H groups in total. The smallest absolute Gasteiger partial charge is 0.326 e. The third-order valence-electron chi connectivity index (χ3n) is 4.93. The lowest BCUT2D eigenvalue weighted by Crippen LogP contribution is -2.57. The molecule has 0 bridgehead atoms. The third-order valence-corrected chi connectivity index (χ3v) is 4.93.